The molecular weight excluding hydrogens is 326 g/mol. The van der Waals surface area contributed by atoms with Crippen LogP contribution in [-0.4, -0.2) is 27.4 Å². The summed E-state index contributed by atoms with van der Waals surface area (Å²) in [6, 6.07) is 14.9. The molecule has 26 heavy (non-hydrogen) atoms. The molecule has 0 saturated carbocycles. The van der Waals surface area contributed by atoms with Gasteiger partial charge in [-0.1, -0.05) is 6.07 Å². The van der Waals surface area contributed by atoms with E-state index < -0.39 is 0 Å². The molecule has 132 valence electrons. The Balaban J connectivity index is 1.82. The molecule has 0 saturated heterocycles. The maximum atomic E-state index is 13.1. The highest BCUT2D eigenvalue weighted by molar-refractivity contribution is 5.94. The molecule has 0 atom stereocenters. The number of pyridine rings is 2. The summed E-state index contributed by atoms with van der Waals surface area (Å²) in [4.78, 5) is 23.1. The highest BCUT2D eigenvalue weighted by Crippen LogP contribution is 2.17. The van der Waals surface area contributed by atoms with Crippen LogP contribution in [0.15, 0.2) is 73.3 Å². The lowest BCUT2D eigenvalue weighted by Crippen LogP contribution is -2.30. The van der Waals surface area contributed by atoms with E-state index in [4.69, 9.17) is 4.74 Å². The Hall–Kier alpha value is -3.21. The third kappa shape index (κ3) is 4.66. The molecule has 0 unspecified atom stereocenters. The first-order chi connectivity index (χ1) is 12.8. The van der Waals surface area contributed by atoms with Crippen molar-refractivity contribution in [3.8, 4) is 5.75 Å². The molecule has 1 aromatic carbocycles. The minimum absolute atomic E-state index is 0.0336. The van der Waals surface area contributed by atoms with Crippen LogP contribution in [0.2, 0.25) is 0 Å². The van der Waals surface area contributed by atoms with Crippen molar-refractivity contribution in [2.75, 3.05) is 6.61 Å². The van der Waals surface area contributed by atoms with Gasteiger partial charge in [0.1, 0.15) is 5.75 Å². The van der Waals surface area contributed by atoms with Crippen LogP contribution >= 0.6 is 0 Å². The van der Waals surface area contributed by atoms with Gasteiger partial charge in [-0.25, -0.2) is 0 Å². The van der Waals surface area contributed by atoms with Crippen molar-refractivity contribution in [2.24, 2.45) is 0 Å². The molecule has 0 N–H and O–H groups in total. The Morgan fingerprint density at radius 2 is 1.65 bits per heavy atom. The van der Waals surface area contributed by atoms with Gasteiger partial charge in [0.2, 0.25) is 0 Å². The molecule has 0 bridgehead atoms. The Morgan fingerprint density at radius 1 is 0.923 bits per heavy atom. The van der Waals surface area contributed by atoms with Crippen LogP contribution in [0.5, 0.6) is 5.75 Å². The number of rotatable bonds is 7. The van der Waals surface area contributed by atoms with Crippen molar-refractivity contribution in [2.45, 2.75) is 20.0 Å². The summed E-state index contributed by atoms with van der Waals surface area (Å²) in [5.41, 5.74) is 2.65. The van der Waals surface area contributed by atoms with E-state index in [1.165, 1.54) is 0 Å². The van der Waals surface area contributed by atoms with Crippen LogP contribution in [0.4, 0.5) is 0 Å². The van der Waals surface area contributed by atoms with Gasteiger partial charge in [-0.15, -0.1) is 0 Å². The molecule has 5 heteroatoms. The van der Waals surface area contributed by atoms with Crippen LogP contribution in [0.25, 0.3) is 0 Å². The SMILES string of the molecule is CCOc1ccc(C(=O)N(Cc2ccncc2)Cc2cccnc2)cc1. The van der Waals surface area contributed by atoms with E-state index in [1.807, 2.05) is 48.2 Å². The standard InChI is InChI=1S/C21H21N3O2/c1-2-26-20-7-5-19(6-8-20)21(25)24(15-17-9-12-22-13-10-17)16-18-4-3-11-23-14-18/h3-14H,2,15-16H2,1H3. The number of benzene rings is 1. The number of nitrogens with zero attached hydrogens (tertiary/aromatic N) is 3. The normalized spacial score (nSPS) is 10.3. The van der Waals surface area contributed by atoms with Gasteiger partial charge < -0.3 is 9.64 Å². The van der Waals surface area contributed by atoms with Gasteiger partial charge in [0, 0.05) is 43.4 Å². The summed E-state index contributed by atoms with van der Waals surface area (Å²) in [7, 11) is 0. The van der Waals surface area contributed by atoms with Gasteiger partial charge in [-0.3, -0.25) is 14.8 Å². The average molecular weight is 347 g/mol. The molecule has 3 rings (SSSR count). The van der Waals surface area contributed by atoms with Gasteiger partial charge >= 0.3 is 0 Å². The van der Waals surface area contributed by atoms with Crippen LogP contribution in [0, 0.1) is 0 Å². The number of hydrogen-bond acceptors (Lipinski definition) is 4. The first kappa shape index (κ1) is 17.6. The minimum atomic E-state index is -0.0336. The zero-order valence-corrected chi connectivity index (χ0v) is 14.7. The fourth-order valence-corrected chi connectivity index (χ4v) is 2.66. The molecule has 0 aliphatic carbocycles. The molecule has 2 heterocycles. The Kier molecular flexibility index (Phi) is 5.93. The predicted octanol–water partition coefficient (Wildman–Crippen LogP) is 3.72. The van der Waals surface area contributed by atoms with Crippen LogP contribution in [0.3, 0.4) is 0 Å². The molecule has 0 fully saturated rings. The van der Waals surface area contributed by atoms with Crippen molar-refractivity contribution in [1.29, 1.82) is 0 Å². The zero-order valence-electron chi connectivity index (χ0n) is 14.7. The first-order valence-electron chi connectivity index (χ1n) is 8.56. The van der Waals surface area contributed by atoms with E-state index in [1.54, 1.807) is 36.9 Å². The first-order valence-corrected chi connectivity index (χ1v) is 8.56. The lowest BCUT2D eigenvalue weighted by molar-refractivity contribution is 0.0730. The van der Waals surface area contributed by atoms with Gasteiger partial charge in [0.05, 0.1) is 6.61 Å². The summed E-state index contributed by atoms with van der Waals surface area (Å²) in [5.74, 6) is 0.728. The molecule has 0 aliphatic heterocycles. The number of ether oxygens (including phenoxy) is 1. The summed E-state index contributed by atoms with van der Waals surface area (Å²) >= 11 is 0. The summed E-state index contributed by atoms with van der Waals surface area (Å²) in [6.45, 7) is 3.53. The van der Waals surface area contributed by atoms with Gasteiger partial charge in [0.25, 0.3) is 5.91 Å². The van der Waals surface area contributed by atoms with Crippen molar-refractivity contribution in [3.05, 3.63) is 90.0 Å². The van der Waals surface area contributed by atoms with Crippen molar-refractivity contribution in [3.63, 3.8) is 0 Å². The minimum Gasteiger partial charge on any atom is -0.494 e. The highest BCUT2D eigenvalue weighted by Gasteiger charge is 2.17. The third-order valence-electron chi connectivity index (χ3n) is 3.92. The molecule has 5 nitrogen and oxygen atoms in total. The van der Waals surface area contributed by atoms with E-state index in [9.17, 15) is 4.79 Å². The average Bonchev–Trinajstić information content (AvgIpc) is 2.69. The van der Waals surface area contributed by atoms with Gasteiger partial charge in [0.15, 0.2) is 0 Å². The Bertz CT molecular complexity index is 779. The largest absolute Gasteiger partial charge is 0.494 e. The van der Waals surface area contributed by atoms with Crippen LogP contribution < -0.4 is 4.74 Å². The second-order valence-corrected chi connectivity index (χ2v) is 5.84. The molecular formula is C21H21N3O2. The quantitative estimate of drug-likeness (QED) is 0.654. The monoisotopic (exact) mass is 347 g/mol. The predicted molar refractivity (Wildman–Crippen MR) is 99.7 cm³/mol. The lowest BCUT2D eigenvalue weighted by atomic mass is 10.1. The summed E-state index contributed by atoms with van der Waals surface area (Å²) in [6.07, 6.45) is 6.98. The summed E-state index contributed by atoms with van der Waals surface area (Å²) in [5, 5.41) is 0. The van der Waals surface area contributed by atoms with Crippen molar-refractivity contribution < 1.29 is 9.53 Å². The lowest BCUT2D eigenvalue weighted by Gasteiger charge is -2.23. The van der Waals surface area contributed by atoms with Crippen molar-refractivity contribution >= 4 is 5.91 Å². The number of carbonyl (C=O) groups is 1. The van der Waals surface area contributed by atoms with Crippen LogP contribution in [-0.2, 0) is 13.1 Å². The fourth-order valence-electron chi connectivity index (χ4n) is 2.66. The van der Waals surface area contributed by atoms with E-state index in [0.717, 1.165) is 16.9 Å². The zero-order chi connectivity index (χ0) is 18.2. The Morgan fingerprint density at radius 3 is 2.31 bits per heavy atom. The van der Waals surface area contributed by atoms with E-state index in [-0.39, 0.29) is 5.91 Å². The topological polar surface area (TPSA) is 55.3 Å². The van der Waals surface area contributed by atoms with Gasteiger partial charge in [-0.05, 0) is 60.5 Å². The maximum absolute atomic E-state index is 13.1. The number of amides is 1. The number of hydrogen-bond donors (Lipinski definition) is 0. The molecule has 0 aliphatic rings. The summed E-state index contributed by atoms with van der Waals surface area (Å²) < 4.78 is 5.45. The maximum Gasteiger partial charge on any atom is 0.254 e. The Labute approximate surface area is 153 Å². The fraction of sp³-hybridized carbons (Fsp3) is 0.190. The van der Waals surface area contributed by atoms with Gasteiger partial charge in [-0.2, -0.15) is 0 Å². The van der Waals surface area contributed by atoms with E-state index in [2.05, 4.69) is 9.97 Å². The van der Waals surface area contributed by atoms with E-state index in [0.29, 0.717) is 25.3 Å². The molecule has 0 radical (unpaired) electrons. The molecule has 1 amide bonds. The third-order valence-corrected chi connectivity index (χ3v) is 3.92. The van der Waals surface area contributed by atoms with E-state index >= 15 is 0 Å². The van der Waals surface area contributed by atoms with Crippen molar-refractivity contribution in [1.82, 2.24) is 14.9 Å². The molecule has 0 spiro atoms. The highest BCUT2D eigenvalue weighted by atomic mass is 16.5. The second-order valence-electron chi connectivity index (χ2n) is 5.84. The molecule has 3 aromatic rings. The van der Waals surface area contributed by atoms with Crippen LogP contribution in [0.1, 0.15) is 28.4 Å². The smallest absolute Gasteiger partial charge is 0.254 e. The molecule has 2 aromatic heterocycles. The number of aromatic nitrogens is 2. The number of carbonyl (C=O) groups excluding carboxylic acids is 1. The second kappa shape index (κ2) is 8.76.